The lowest BCUT2D eigenvalue weighted by Crippen LogP contribution is -2.49. The molecule has 3 N–H and O–H groups in total. The van der Waals surface area contributed by atoms with Gasteiger partial charge in [0, 0.05) is 10.9 Å². The van der Waals surface area contributed by atoms with Crippen molar-refractivity contribution in [1.82, 2.24) is 5.43 Å². The van der Waals surface area contributed by atoms with Crippen LogP contribution in [-0.4, -0.2) is 25.5 Å². The van der Waals surface area contributed by atoms with E-state index in [1.165, 1.54) is 4.88 Å². The summed E-state index contributed by atoms with van der Waals surface area (Å²) in [6.45, 7) is 0. The van der Waals surface area contributed by atoms with Gasteiger partial charge in [-0.25, -0.2) is 8.42 Å². The van der Waals surface area contributed by atoms with E-state index in [0.29, 0.717) is 5.75 Å². The summed E-state index contributed by atoms with van der Waals surface area (Å²) in [5, 5.41) is 1.73. The van der Waals surface area contributed by atoms with Crippen LogP contribution in [0.1, 0.15) is 30.6 Å². The van der Waals surface area contributed by atoms with Gasteiger partial charge < -0.3 is 0 Å². The van der Waals surface area contributed by atoms with Gasteiger partial charge in [-0.1, -0.05) is 12.5 Å². The highest BCUT2D eigenvalue weighted by Gasteiger charge is 2.34. The minimum absolute atomic E-state index is 0.127. The third-order valence-corrected chi connectivity index (χ3v) is 6.85. The highest BCUT2D eigenvalue weighted by atomic mass is 32.2. The number of thiophene rings is 1. The lowest BCUT2D eigenvalue weighted by atomic mass is 10.0. The van der Waals surface area contributed by atoms with Gasteiger partial charge in [-0.3, -0.25) is 11.3 Å². The van der Waals surface area contributed by atoms with Gasteiger partial charge in [-0.2, -0.15) is 0 Å². The van der Waals surface area contributed by atoms with Crippen LogP contribution in [0, 0.1) is 0 Å². The highest BCUT2D eigenvalue weighted by Crippen LogP contribution is 2.24. The molecule has 1 aromatic heterocycles. The van der Waals surface area contributed by atoms with E-state index in [-0.39, 0.29) is 11.3 Å². The smallest absolute Gasteiger partial charge is 0.154 e. The molecule has 1 aromatic rings. The van der Waals surface area contributed by atoms with Crippen LogP contribution in [-0.2, 0) is 16.3 Å². The second-order valence-corrected chi connectivity index (χ2v) is 8.16. The Hall–Kier alpha value is -0.430. The molecular formula is C12H20N2O2S2. The van der Waals surface area contributed by atoms with Crippen molar-refractivity contribution in [2.45, 2.75) is 43.4 Å². The number of aryl methyl sites for hydroxylation is 1. The maximum Gasteiger partial charge on any atom is 0.154 e. The molecule has 2 unspecified atom stereocenters. The summed E-state index contributed by atoms with van der Waals surface area (Å²) >= 11 is 1.70. The average molecular weight is 288 g/mol. The van der Waals surface area contributed by atoms with Gasteiger partial charge in [0.25, 0.3) is 0 Å². The SMILES string of the molecule is NNC(CCc1cccs1)C1CCCCS1(=O)=O. The summed E-state index contributed by atoms with van der Waals surface area (Å²) in [6, 6.07) is 3.97. The van der Waals surface area contributed by atoms with Crippen molar-refractivity contribution in [3.63, 3.8) is 0 Å². The van der Waals surface area contributed by atoms with E-state index in [1.807, 2.05) is 11.4 Å². The lowest BCUT2D eigenvalue weighted by Gasteiger charge is -2.29. The summed E-state index contributed by atoms with van der Waals surface area (Å²) < 4.78 is 24.1. The Kier molecular flexibility index (Phi) is 4.77. The molecule has 0 amide bonds. The second kappa shape index (κ2) is 6.14. The lowest BCUT2D eigenvalue weighted by molar-refractivity contribution is 0.424. The van der Waals surface area contributed by atoms with Crippen LogP contribution in [0.3, 0.4) is 0 Å². The molecule has 2 rings (SSSR count). The summed E-state index contributed by atoms with van der Waals surface area (Å²) in [5.74, 6) is 5.87. The van der Waals surface area contributed by atoms with Crippen molar-refractivity contribution in [3.05, 3.63) is 22.4 Å². The molecule has 18 heavy (non-hydrogen) atoms. The van der Waals surface area contributed by atoms with Crippen LogP contribution in [0.4, 0.5) is 0 Å². The number of sulfone groups is 1. The summed E-state index contributed by atoms with van der Waals surface area (Å²) in [7, 11) is -2.96. The number of hydrazine groups is 1. The van der Waals surface area contributed by atoms with E-state index in [2.05, 4.69) is 11.5 Å². The second-order valence-electron chi connectivity index (χ2n) is 4.79. The zero-order chi connectivity index (χ0) is 13.0. The fourth-order valence-corrected chi connectivity index (χ4v) is 5.44. The third kappa shape index (κ3) is 3.32. The molecule has 0 spiro atoms. The van der Waals surface area contributed by atoms with Gasteiger partial charge >= 0.3 is 0 Å². The quantitative estimate of drug-likeness (QED) is 0.636. The van der Waals surface area contributed by atoms with Crippen molar-refractivity contribution < 1.29 is 8.42 Å². The predicted molar refractivity (Wildman–Crippen MR) is 75.2 cm³/mol. The minimum Gasteiger partial charge on any atom is -0.271 e. The molecule has 2 heterocycles. The van der Waals surface area contributed by atoms with E-state index >= 15 is 0 Å². The topological polar surface area (TPSA) is 72.2 Å². The van der Waals surface area contributed by atoms with Crippen molar-refractivity contribution >= 4 is 21.2 Å². The maximum absolute atomic E-state index is 12.1. The molecule has 4 nitrogen and oxygen atoms in total. The first kappa shape index (κ1) is 14.0. The van der Waals surface area contributed by atoms with E-state index < -0.39 is 9.84 Å². The molecule has 0 saturated carbocycles. The number of nitrogens with two attached hydrogens (primary N) is 1. The zero-order valence-electron chi connectivity index (χ0n) is 10.3. The highest BCUT2D eigenvalue weighted by molar-refractivity contribution is 7.92. The van der Waals surface area contributed by atoms with E-state index in [9.17, 15) is 8.42 Å². The molecule has 2 atom stereocenters. The van der Waals surface area contributed by atoms with Crippen LogP contribution < -0.4 is 11.3 Å². The molecule has 0 aromatic carbocycles. The Morgan fingerprint density at radius 1 is 1.50 bits per heavy atom. The van der Waals surface area contributed by atoms with Gasteiger partial charge in [-0.05, 0) is 37.1 Å². The fraction of sp³-hybridized carbons (Fsp3) is 0.667. The molecule has 1 aliphatic heterocycles. The van der Waals surface area contributed by atoms with Gasteiger partial charge in [0.1, 0.15) is 0 Å². The number of nitrogens with one attached hydrogen (secondary N) is 1. The molecular weight excluding hydrogens is 268 g/mol. The number of rotatable bonds is 5. The Labute approximate surface area is 112 Å². The third-order valence-electron chi connectivity index (χ3n) is 3.57. The average Bonchev–Trinajstić information content (AvgIpc) is 2.84. The molecule has 0 radical (unpaired) electrons. The first-order valence-corrected chi connectivity index (χ1v) is 8.93. The normalized spacial score (nSPS) is 24.8. The Balaban J connectivity index is 1.99. The van der Waals surface area contributed by atoms with Crippen molar-refractivity contribution in [1.29, 1.82) is 0 Å². The van der Waals surface area contributed by atoms with Gasteiger partial charge in [0.05, 0.1) is 11.0 Å². The van der Waals surface area contributed by atoms with Gasteiger partial charge in [0.15, 0.2) is 9.84 Å². The fourth-order valence-electron chi connectivity index (χ4n) is 2.56. The Bertz CT molecular complexity index is 456. The summed E-state index contributed by atoms with van der Waals surface area (Å²) in [5.41, 5.74) is 2.72. The van der Waals surface area contributed by atoms with E-state index in [1.54, 1.807) is 11.3 Å². The zero-order valence-corrected chi connectivity index (χ0v) is 12.0. The molecule has 0 aliphatic carbocycles. The molecule has 1 saturated heterocycles. The Morgan fingerprint density at radius 2 is 2.33 bits per heavy atom. The summed E-state index contributed by atoms with van der Waals surface area (Å²) in [6.07, 6.45) is 4.18. The Morgan fingerprint density at radius 3 is 2.94 bits per heavy atom. The van der Waals surface area contributed by atoms with Crippen LogP contribution in [0.5, 0.6) is 0 Å². The molecule has 1 aliphatic rings. The van der Waals surface area contributed by atoms with Crippen molar-refractivity contribution in [2.75, 3.05) is 5.75 Å². The standard InChI is InChI=1S/C12H20N2O2S2/c13-14-11(7-6-10-4-3-8-17-10)12-5-1-2-9-18(12,15)16/h3-4,8,11-12,14H,1-2,5-7,9,13H2. The van der Waals surface area contributed by atoms with E-state index in [0.717, 1.165) is 32.1 Å². The first-order chi connectivity index (χ1) is 8.63. The number of hydrogen-bond acceptors (Lipinski definition) is 5. The van der Waals surface area contributed by atoms with Gasteiger partial charge in [-0.15, -0.1) is 11.3 Å². The molecule has 1 fully saturated rings. The summed E-state index contributed by atoms with van der Waals surface area (Å²) in [4.78, 5) is 1.28. The van der Waals surface area contributed by atoms with Crippen molar-refractivity contribution in [3.8, 4) is 0 Å². The molecule has 102 valence electrons. The van der Waals surface area contributed by atoms with Crippen molar-refractivity contribution in [2.24, 2.45) is 5.84 Å². The number of hydrogen-bond donors (Lipinski definition) is 2. The van der Waals surface area contributed by atoms with Crippen LogP contribution >= 0.6 is 11.3 Å². The largest absolute Gasteiger partial charge is 0.271 e. The maximum atomic E-state index is 12.1. The molecule has 6 heteroatoms. The monoisotopic (exact) mass is 288 g/mol. The predicted octanol–water partition coefficient (Wildman–Crippen LogP) is 1.48. The van der Waals surface area contributed by atoms with E-state index in [4.69, 9.17) is 5.84 Å². The van der Waals surface area contributed by atoms with Crippen LogP contribution in [0.2, 0.25) is 0 Å². The first-order valence-electron chi connectivity index (χ1n) is 6.33. The van der Waals surface area contributed by atoms with Crippen LogP contribution in [0.25, 0.3) is 0 Å². The van der Waals surface area contributed by atoms with Crippen LogP contribution in [0.15, 0.2) is 17.5 Å². The van der Waals surface area contributed by atoms with Gasteiger partial charge in [0.2, 0.25) is 0 Å². The minimum atomic E-state index is -2.96. The molecule has 0 bridgehead atoms.